The van der Waals surface area contributed by atoms with Crippen molar-refractivity contribution in [2.45, 2.75) is 33.8 Å². The van der Waals surface area contributed by atoms with Crippen molar-refractivity contribution in [3.05, 3.63) is 83.1 Å². The van der Waals surface area contributed by atoms with E-state index in [9.17, 15) is 14.1 Å². The summed E-state index contributed by atoms with van der Waals surface area (Å²) in [6, 6.07) is 0. The van der Waals surface area contributed by atoms with Gasteiger partial charge in [0.05, 0.1) is 11.9 Å². The van der Waals surface area contributed by atoms with Crippen LogP contribution in [0.15, 0.2) is 83.1 Å². The molecule has 0 aliphatic carbocycles. The van der Waals surface area contributed by atoms with Crippen LogP contribution in [0.3, 0.4) is 0 Å². The molecule has 0 saturated carbocycles. The lowest BCUT2D eigenvalue weighted by Gasteiger charge is -2.07. The minimum atomic E-state index is -1.01. The second-order valence-electron chi connectivity index (χ2n) is 6.12. The zero-order valence-corrected chi connectivity index (χ0v) is 17.1. The summed E-state index contributed by atoms with van der Waals surface area (Å²) in [4.78, 5) is 10.5. The Morgan fingerprint density at radius 2 is 1.31 bits per heavy atom. The normalized spacial score (nSPS) is 17.5. The maximum atomic E-state index is 11.1. The number of aliphatic hydroxyl groups excluding tert-OH is 1. The summed E-state index contributed by atoms with van der Waals surface area (Å²) in [5.41, 5.74) is 3.64. The summed E-state index contributed by atoms with van der Waals surface area (Å²) < 4.78 is 11.1. The molecule has 0 bridgehead atoms. The summed E-state index contributed by atoms with van der Waals surface area (Å²) in [5, 5.41) is 9.83. The number of hydrogen-bond donors (Lipinski definition) is 1. The molecule has 0 amide bonds. The average Bonchev–Trinajstić information content (AvgIpc) is 2.57. The van der Waals surface area contributed by atoms with Crippen molar-refractivity contribution >= 4 is 17.1 Å². The van der Waals surface area contributed by atoms with Gasteiger partial charge >= 0.3 is 0 Å². The van der Waals surface area contributed by atoms with Crippen molar-refractivity contribution in [1.82, 2.24) is 0 Å². The van der Waals surface area contributed by atoms with Crippen molar-refractivity contribution in [3.63, 3.8) is 0 Å². The van der Waals surface area contributed by atoms with E-state index < -0.39 is 16.9 Å². The van der Waals surface area contributed by atoms with Crippen LogP contribution in [0.4, 0.5) is 0 Å². The van der Waals surface area contributed by atoms with E-state index in [1.165, 1.54) is 0 Å². The highest BCUT2D eigenvalue weighted by Crippen LogP contribution is 2.04. The second-order valence-corrected chi connectivity index (χ2v) is 7.60. The Balaban J connectivity index is 4.64. The second kappa shape index (κ2) is 14.2. The smallest absolute Gasteiger partial charge is 0.145 e. The van der Waals surface area contributed by atoms with Crippen LogP contribution in [0.1, 0.15) is 27.7 Å². The van der Waals surface area contributed by atoms with Crippen LogP contribution < -0.4 is 0 Å². The zero-order chi connectivity index (χ0) is 19.9. The number of rotatable bonds is 10. The fourth-order valence-electron chi connectivity index (χ4n) is 1.73. The molecule has 0 aromatic carbocycles. The summed E-state index contributed by atoms with van der Waals surface area (Å²) in [5.74, 6) is 0.262. The van der Waals surface area contributed by atoms with Crippen LogP contribution >= 0.6 is 0 Å². The van der Waals surface area contributed by atoms with Crippen LogP contribution in [0.2, 0.25) is 0 Å². The fourth-order valence-corrected chi connectivity index (χ4v) is 2.44. The molecular weight excluding hydrogens is 344 g/mol. The first-order valence-corrected chi connectivity index (χ1v) is 10.1. The van der Waals surface area contributed by atoms with Crippen LogP contribution in [0.5, 0.6) is 0 Å². The van der Waals surface area contributed by atoms with Crippen molar-refractivity contribution < 1.29 is 14.1 Å². The Kier molecular flexibility index (Phi) is 13.1. The van der Waals surface area contributed by atoms with Crippen molar-refractivity contribution in [2.75, 3.05) is 12.0 Å². The molecule has 142 valence electrons. The van der Waals surface area contributed by atoms with Gasteiger partial charge in [-0.05, 0) is 38.8 Å². The summed E-state index contributed by atoms with van der Waals surface area (Å²) in [6.07, 6.45) is 20.9. The first-order valence-electron chi connectivity index (χ1n) is 8.41. The van der Waals surface area contributed by atoms with Gasteiger partial charge in [0.15, 0.2) is 0 Å². The van der Waals surface area contributed by atoms with E-state index in [2.05, 4.69) is 0 Å². The molecule has 0 aromatic rings. The van der Waals surface area contributed by atoms with Crippen molar-refractivity contribution in [3.8, 4) is 0 Å². The Morgan fingerprint density at radius 3 is 1.77 bits per heavy atom. The molecule has 0 aromatic heterocycles. The topological polar surface area (TPSA) is 54.4 Å². The van der Waals surface area contributed by atoms with Gasteiger partial charge in [-0.1, -0.05) is 71.9 Å². The van der Waals surface area contributed by atoms with Gasteiger partial charge in [0.25, 0.3) is 0 Å². The minimum absolute atomic E-state index is 0.262. The van der Waals surface area contributed by atoms with Gasteiger partial charge in [-0.15, -0.1) is 0 Å². The third kappa shape index (κ3) is 13.3. The van der Waals surface area contributed by atoms with Crippen molar-refractivity contribution in [2.24, 2.45) is 0 Å². The van der Waals surface area contributed by atoms with E-state index in [4.69, 9.17) is 0 Å². The molecule has 2 unspecified atom stereocenters. The average molecular weight is 375 g/mol. The molecule has 0 rings (SSSR count). The number of aliphatic hydroxyl groups is 1. The number of hydrogen-bond acceptors (Lipinski definition) is 3. The molecule has 0 spiro atoms. The van der Waals surface area contributed by atoms with Crippen LogP contribution in [-0.4, -0.2) is 33.7 Å². The van der Waals surface area contributed by atoms with Crippen molar-refractivity contribution in [1.29, 1.82) is 0 Å². The van der Waals surface area contributed by atoms with E-state index in [1.54, 1.807) is 19.3 Å². The molecule has 0 aliphatic rings. The van der Waals surface area contributed by atoms with Gasteiger partial charge in [-0.2, -0.15) is 0 Å². The molecule has 26 heavy (non-hydrogen) atoms. The number of carbonyl (C=O) groups is 1. The van der Waals surface area contributed by atoms with E-state index in [1.807, 2.05) is 75.5 Å². The minimum Gasteiger partial charge on any atom is -0.388 e. The maximum absolute atomic E-state index is 11.1. The van der Waals surface area contributed by atoms with Gasteiger partial charge in [0.1, 0.15) is 6.29 Å². The largest absolute Gasteiger partial charge is 0.388 e. The molecule has 2 atom stereocenters. The quantitative estimate of drug-likeness (QED) is 0.351. The molecule has 0 fully saturated rings. The Labute approximate surface area is 160 Å². The predicted octanol–water partition coefficient (Wildman–Crippen LogP) is 4.38. The highest BCUT2D eigenvalue weighted by molar-refractivity contribution is 7.84. The van der Waals surface area contributed by atoms with Crippen LogP contribution in [-0.2, 0) is 15.6 Å². The first kappa shape index (κ1) is 24.0. The number of allylic oxidation sites excluding steroid dienone is 13. The first-order chi connectivity index (χ1) is 12.3. The predicted molar refractivity (Wildman–Crippen MR) is 113 cm³/mol. The molecule has 1 N–H and O–H groups in total. The third-order valence-electron chi connectivity index (χ3n) is 3.37. The molecular formula is C22H30O3S. The SMILES string of the molecule is C\C(C=O)=C/C=C/C(C)=C/C=C/C=C(C)/C=C/C=C(\C)C(O)CS(C)=O. The Hall–Kier alpha value is -2.04. The Bertz CT molecular complexity index is 686. The highest BCUT2D eigenvalue weighted by atomic mass is 32.2. The molecule has 0 aliphatic heterocycles. The lowest BCUT2D eigenvalue weighted by molar-refractivity contribution is -0.104. The van der Waals surface area contributed by atoms with Gasteiger partial charge < -0.3 is 5.11 Å². The van der Waals surface area contributed by atoms with Crippen LogP contribution in [0.25, 0.3) is 0 Å². The lowest BCUT2D eigenvalue weighted by atomic mass is 10.1. The van der Waals surface area contributed by atoms with E-state index in [-0.39, 0.29) is 5.75 Å². The van der Waals surface area contributed by atoms with Gasteiger partial charge in [0.2, 0.25) is 0 Å². The van der Waals surface area contributed by atoms with Crippen LogP contribution in [0, 0.1) is 0 Å². The van der Waals surface area contributed by atoms with Gasteiger partial charge in [-0.25, -0.2) is 0 Å². The van der Waals surface area contributed by atoms with E-state index in [0.29, 0.717) is 5.57 Å². The summed E-state index contributed by atoms with van der Waals surface area (Å²) in [6.45, 7) is 7.57. The molecule has 0 heterocycles. The molecule has 0 radical (unpaired) electrons. The van der Waals surface area contributed by atoms with E-state index in [0.717, 1.165) is 23.0 Å². The van der Waals surface area contributed by atoms with Gasteiger partial charge in [-0.3, -0.25) is 9.00 Å². The lowest BCUT2D eigenvalue weighted by Crippen LogP contribution is -2.16. The number of aldehydes is 1. The Morgan fingerprint density at radius 1 is 0.846 bits per heavy atom. The van der Waals surface area contributed by atoms with E-state index >= 15 is 0 Å². The molecule has 0 saturated heterocycles. The highest BCUT2D eigenvalue weighted by Gasteiger charge is 2.06. The summed E-state index contributed by atoms with van der Waals surface area (Å²) in [7, 11) is -1.01. The number of carbonyl (C=O) groups excluding carboxylic acids is 1. The fraction of sp³-hybridized carbons (Fsp3) is 0.318. The summed E-state index contributed by atoms with van der Waals surface area (Å²) >= 11 is 0. The third-order valence-corrected chi connectivity index (χ3v) is 4.16. The monoisotopic (exact) mass is 374 g/mol. The zero-order valence-electron chi connectivity index (χ0n) is 16.3. The maximum Gasteiger partial charge on any atom is 0.145 e. The molecule has 3 nitrogen and oxygen atoms in total. The standard InChI is InChI=1S/C22H30O3S/c1-18(12-8-14-20(3)16-23)10-6-7-11-19(2)13-9-15-21(4)22(24)17-26(5)25/h6-16,22,24H,17H2,1-5H3/b7-6+,12-8+,13-9+,18-10+,19-11+,20-14+,21-15+. The molecule has 4 heteroatoms. The van der Waals surface area contributed by atoms with Gasteiger partial charge in [0, 0.05) is 17.1 Å².